The van der Waals surface area contributed by atoms with Gasteiger partial charge < -0.3 is 24.0 Å². The zero-order valence-electron chi connectivity index (χ0n) is 36.5. The Kier molecular flexibility index (Phi) is 32.0. The van der Waals surface area contributed by atoms with Crippen LogP contribution in [0.4, 0.5) is 4.79 Å². The number of amides is 1. The summed E-state index contributed by atoms with van der Waals surface area (Å²) in [7, 11) is 0. The van der Waals surface area contributed by atoms with Crippen LogP contribution in [-0.2, 0) is 23.8 Å². The smallest absolute Gasteiger partial charge is 0.409 e. The van der Waals surface area contributed by atoms with Crippen LogP contribution in [-0.4, -0.2) is 80.4 Å². The molecular weight excluding hydrogens is 677 g/mol. The Balaban J connectivity index is 2.62. The van der Waals surface area contributed by atoms with Gasteiger partial charge in [-0.2, -0.15) is 0 Å². The Labute approximate surface area is 334 Å². The average molecular weight is 765 g/mol. The number of carbonyl (C=O) groups is 3. The van der Waals surface area contributed by atoms with E-state index in [4.69, 9.17) is 14.2 Å². The molecule has 8 nitrogen and oxygen atoms in total. The second-order valence-electron chi connectivity index (χ2n) is 16.4. The van der Waals surface area contributed by atoms with Crippen molar-refractivity contribution in [3.8, 4) is 0 Å². The topological polar surface area (TPSA) is 85.4 Å². The molecule has 1 heterocycles. The molecule has 1 fully saturated rings. The zero-order valence-corrected chi connectivity index (χ0v) is 36.5. The predicted octanol–water partition coefficient (Wildman–Crippen LogP) is 12.2. The van der Waals surface area contributed by atoms with Crippen LogP contribution >= 0.6 is 0 Å². The predicted molar refractivity (Wildman–Crippen MR) is 225 cm³/mol. The summed E-state index contributed by atoms with van der Waals surface area (Å²) in [6, 6.07) is 0. The minimum Gasteiger partial charge on any atom is -0.466 e. The second kappa shape index (κ2) is 34.4. The summed E-state index contributed by atoms with van der Waals surface area (Å²) in [4.78, 5) is 42.8. The van der Waals surface area contributed by atoms with Crippen LogP contribution in [0.2, 0.25) is 0 Å². The monoisotopic (exact) mass is 765 g/mol. The van der Waals surface area contributed by atoms with E-state index in [1.807, 2.05) is 4.90 Å². The molecule has 2 unspecified atom stereocenters. The molecule has 1 saturated heterocycles. The minimum absolute atomic E-state index is 0.101. The molecule has 0 N–H and O–H groups in total. The van der Waals surface area contributed by atoms with Gasteiger partial charge in [-0.15, -0.1) is 0 Å². The summed E-state index contributed by atoms with van der Waals surface area (Å²) >= 11 is 0. The first-order valence-corrected chi connectivity index (χ1v) is 23.3. The SMILES string of the molecule is CCCCCC(CCCCC)CCOC(=O)CCCC1CN(C(=O)OCCCN(CC)CC)CC1CCCC(=O)OCCC(CCCCC)CCCCC. The summed E-state index contributed by atoms with van der Waals surface area (Å²) < 4.78 is 17.2. The number of unbranched alkanes of at least 4 members (excludes halogenated alkanes) is 8. The van der Waals surface area contributed by atoms with E-state index in [1.54, 1.807) is 0 Å². The van der Waals surface area contributed by atoms with Gasteiger partial charge in [-0.1, -0.05) is 144 Å². The molecule has 1 aliphatic rings. The maximum Gasteiger partial charge on any atom is 0.409 e. The summed E-state index contributed by atoms with van der Waals surface area (Å²) in [5, 5.41) is 0. The van der Waals surface area contributed by atoms with Gasteiger partial charge in [0.25, 0.3) is 0 Å². The lowest BCUT2D eigenvalue weighted by atomic mass is 9.87. The average Bonchev–Trinajstić information content (AvgIpc) is 3.57. The van der Waals surface area contributed by atoms with E-state index in [2.05, 4.69) is 46.4 Å². The number of hydrogen-bond acceptors (Lipinski definition) is 7. The van der Waals surface area contributed by atoms with Crippen LogP contribution in [0.5, 0.6) is 0 Å². The van der Waals surface area contributed by atoms with Gasteiger partial charge in [-0.25, -0.2) is 4.79 Å². The van der Waals surface area contributed by atoms with Gasteiger partial charge in [-0.3, -0.25) is 9.59 Å². The number of nitrogens with zero attached hydrogens (tertiary/aromatic N) is 2. The summed E-state index contributed by atoms with van der Waals surface area (Å²) in [5.41, 5.74) is 0. The third-order valence-corrected chi connectivity index (χ3v) is 11.9. The van der Waals surface area contributed by atoms with Crippen molar-refractivity contribution in [2.75, 3.05) is 52.5 Å². The van der Waals surface area contributed by atoms with Gasteiger partial charge in [0.05, 0.1) is 19.8 Å². The lowest BCUT2D eigenvalue weighted by molar-refractivity contribution is -0.145. The molecule has 0 spiro atoms. The van der Waals surface area contributed by atoms with E-state index in [0.717, 1.165) is 64.6 Å². The first-order chi connectivity index (χ1) is 26.3. The second-order valence-corrected chi connectivity index (χ2v) is 16.4. The van der Waals surface area contributed by atoms with Crippen molar-refractivity contribution in [1.29, 1.82) is 0 Å². The van der Waals surface area contributed by atoms with E-state index in [0.29, 0.717) is 57.6 Å². The van der Waals surface area contributed by atoms with E-state index >= 15 is 0 Å². The van der Waals surface area contributed by atoms with Gasteiger partial charge in [-0.05, 0) is 81.7 Å². The normalized spacial score (nSPS) is 15.8. The number of hydrogen-bond donors (Lipinski definition) is 0. The standard InChI is InChI=1S/C46H88N2O6/c1-7-13-17-24-40(25-18-14-8-2)32-36-52-44(49)30-21-28-42-38-48(46(51)54-35-23-34-47(11-5)12-6)39-43(42)29-22-31-45(50)53-37-33-41(26-19-15-9-3)27-20-16-10-4/h40-43H,7-39H2,1-6H3. The Hall–Kier alpha value is -1.83. The minimum atomic E-state index is -0.235. The number of esters is 2. The fourth-order valence-corrected chi connectivity index (χ4v) is 8.26. The molecule has 0 aromatic carbocycles. The van der Waals surface area contributed by atoms with E-state index in [1.165, 1.54) is 103 Å². The number of carbonyl (C=O) groups excluding carboxylic acids is 3. The number of rotatable bonds is 36. The first kappa shape index (κ1) is 50.2. The van der Waals surface area contributed by atoms with Crippen molar-refractivity contribution in [3.05, 3.63) is 0 Å². The van der Waals surface area contributed by atoms with E-state index in [-0.39, 0.29) is 29.9 Å². The van der Waals surface area contributed by atoms with Gasteiger partial charge in [0, 0.05) is 32.5 Å². The van der Waals surface area contributed by atoms with Gasteiger partial charge in [0.1, 0.15) is 0 Å². The highest BCUT2D eigenvalue weighted by Crippen LogP contribution is 2.32. The highest BCUT2D eigenvalue weighted by Gasteiger charge is 2.35. The molecule has 0 aromatic heterocycles. The molecule has 1 amide bonds. The number of likely N-dealkylation sites (tertiary alicyclic amines) is 1. The summed E-state index contributed by atoms with van der Waals surface area (Å²) in [6.07, 6.45) is 26.7. The molecular formula is C46H88N2O6. The lowest BCUT2D eigenvalue weighted by Gasteiger charge is -2.19. The Morgan fingerprint density at radius 3 is 1.30 bits per heavy atom. The molecule has 0 aliphatic carbocycles. The van der Waals surface area contributed by atoms with Crippen LogP contribution < -0.4 is 0 Å². The quantitative estimate of drug-likeness (QED) is 0.0357. The zero-order chi connectivity index (χ0) is 39.7. The van der Waals surface area contributed by atoms with Gasteiger partial charge in [0.15, 0.2) is 0 Å². The van der Waals surface area contributed by atoms with Gasteiger partial charge in [0.2, 0.25) is 0 Å². The van der Waals surface area contributed by atoms with Crippen LogP contribution in [0.3, 0.4) is 0 Å². The summed E-state index contributed by atoms with van der Waals surface area (Å²) in [6.45, 7) is 19.0. The molecule has 0 aromatic rings. The van der Waals surface area contributed by atoms with E-state index < -0.39 is 0 Å². The van der Waals surface area contributed by atoms with Crippen LogP contribution in [0.25, 0.3) is 0 Å². The van der Waals surface area contributed by atoms with Gasteiger partial charge >= 0.3 is 18.0 Å². The Bertz CT molecular complexity index is 836. The van der Waals surface area contributed by atoms with Crippen LogP contribution in [0.15, 0.2) is 0 Å². The first-order valence-electron chi connectivity index (χ1n) is 23.3. The molecule has 0 saturated carbocycles. The van der Waals surface area contributed by atoms with Crippen LogP contribution in [0, 0.1) is 23.7 Å². The maximum absolute atomic E-state index is 13.1. The van der Waals surface area contributed by atoms with Crippen molar-refractivity contribution in [3.63, 3.8) is 0 Å². The number of ether oxygens (including phenoxy) is 3. The van der Waals surface area contributed by atoms with Crippen LogP contribution in [0.1, 0.15) is 202 Å². The molecule has 8 heteroatoms. The summed E-state index contributed by atoms with van der Waals surface area (Å²) in [5.74, 6) is 1.67. The highest BCUT2D eigenvalue weighted by atomic mass is 16.6. The van der Waals surface area contributed by atoms with Crippen molar-refractivity contribution in [2.24, 2.45) is 23.7 Å². The molecule has 54 heavy (non-hydrogen) atoms. The Morgan fingerprint density at radius 1 is 0.519 bits per heavy atom. The fraction of sp³-hybridized carbons (Fsp3) is 0.935. The highest BCUT2D eigenvalue weighted by molar-refractivity contribution is 5.70. The molecule has 2 atom stereocenters. The van der Waals surface area contributed by atoms with Crippen molar-refractivity contribution >= 4 is 18.0 Å². The van der Waals surface area contributed by atoms with Crippen molar-refractivity contribution in [1.82, 2.24) is 9.80 Å². The van der Waals surface area contributed by atoms with Crippen molar-refractivity contribution < 1.29 is 28.6 Å². The molecule has 1 rings (SSSR count). The molecule has 318 valence electrons. The largest absolute Gasteiger partial charge is 0.466 e. The third kappa shape index (κ3) is 25.4. The molecule has 0 radical (unpaired) electrons. The molecule has 0 bridgehead atoms. The fourth-order valence-electron chi connectivity index (χ4n) is 8.26. The maximum atomic E-state index is 13.1. The Morgan fingerprint density at radius 2 is 0.926 bits per heavy atom. The van der Waals surface area contributed by atoms with Crippen molar-refractivity contribution in [2.45, 2.75) is 202 Å². The molecule has 1 aliphatic heterocycles. The third-order valence-electron chi connectivity index (χ3n) is 11.9. The van der Waals surface area contributed by atoms with E-state index in [9.17, 15) is 14.4 Å². The lowest BCUT2D eigenvalue weighted by Crippen LogP contribution is -2.31.